The van der Waals surface area contributed by atoms with Gasteiger partial charge >= 0.3 is 0 Å². The van der Waals surface area contributed by atoms with E-state index in [4.69, 9.17) is 0 Å². The summed E-state index contributed by atoms with van der Waals surface area (Å²) in [5.41, 5.74) is 3.97. The number of carbonyl (C=O) groups is 2. The van der Waals surface area contributed by atoms with Gasteiger partial charge in [-0.3, -0.25) is 9.59 Å². The molecule has 0 saturated carbocycles. The first kappa shape index (κ1) is 12.2. The highest BCUT2D eigenvalue weighted by molar-refractivity contribution is 6.09. The molecule has 0 heterocycles. The van der Waals surface area contributed by atoms with Gasteiger partial charge in [-0.25, -0.2) is 0 Å². The quantitative estimate of drug-likeness (QED) is 0.607. The molecule has 0 fully saturated rings. The fourth-order valence-corrected chi connectivity index (χ4v) is 1.80. The lowest BCUT2D eigenvalue weighted by Gasteiger charge is -2.05. The molecule has 18 heavy (non-hydrogen) atoms. The van der Waals surface area contributed by atoms with Crippen LogP contribution in [0.1, 0.15) is 37.4 Å². The molecule has 2 nitrogen and oxygen atoms in total. The van der Waals surface area contributed by atoms with Gasteiger partial charge in [0.15, 0.2) is 5.78 Å². The zero-order chi connectivity index (χ0) is 13.1. The van der Waals surface area contributed by atoms with Crippen LogP contribution in [0.2, 0.25) is 0 Å². The predicted octanol–water partition coefficient (Wildman–Crippen LogP) is 3.35. The number of carbonyl (C=O) groups excluding carboxylic acids is 2. The van der Waals surface area contributed by atoms with Gasteiger partial charge in [-0.2, -0.15) is 0 Å². The summed E-state index contributed by atoms with van der Waals surface area (Å²) in [5.74, 6) is -0.0539. The standard InChI is InChI=1S/C16H14O2/c1-11-6-7-15(8-12(11)2)16(18)14-5-3-4-13(9-14)10-17/h3-10H,1-2H3. The summed E-state index contributed by atoms with van der Waals surface area (Å²) >= 11 is 0. The van der Waals surface area contributed by atoms with Gasteiger partial charge in [0, 0.05) is 16.7 Å². The van der Waals surface area contributed by atoms with Crippen molar-refractivity contribution in [3.63, 3.8) is 0 Å². The maximum atomic E-state index is 12.3. The number of ketones is 1. The van der Waals surface area contributed by atoms with Gasteiger partial charge in [0.05, 0.1) is 0 Å². The third-order valence-corrected chi connectivity index (χ3v) is 3.05. The van der Waals surface area contributed by atoms with E-state index in [9.17, 15) is 9.59 Å². The molecule has 0 amide bonds. The Balaban J connectivity index is 2.41. The molecule has 2 aromatic carbocycles. The van der Waals surface area contributed by atoms with Gasteiger partial charge < -0.3 is 0 Å². The van der Waals surface area contributed by atoms with E-state index in [1.165, 1.54) is 0 Å². The van der Waals surface area contributed by atoms with Crippen LogP contribution in [0.5, 0.6) is 0 Å². The van der Waals surface area contributed by atoms with Crippen LogP contribution in [-0.4, -0.2) is 12.1 Å². The Morgan fingerprint density at radius 2 is 1.67 bits per heavy atom. The lowest BCUT2D eigenvalue weighted by molar-refractivity contribution is 0.103. The summed E-state index contributed by atoms with van der Waals surface area (Å²) in [6, 6.07) is 12.4. The van der Waals surface area contributed by atoms with Crippen molar-refractivity contribution in [2.75, 3.05) is 0 Å². The normalized spacial score (nSPS) is 10.1. The molecule has 0 atom stereocenters. The molecule has 2 heteroatoms. The summed E-state index contributed by atoms with van der Waals surface area (Å²) in [6.07, 6.45) is 0.747. The SMILES string of the molecule is Cc1ccc(C(=O)c2cccc(C=O)c2)cc1C. The number of aryl methyl sites for hydroxylation is 2. The Hall–Kier alpha value is -2.22. The molecule has 0 unspecified atom stereocenters. The topological polar surface area (TPSA) is 34.1 Å². The van der Waals surface area contributed by atoms with Crippen LogP contribution >= 0.6 is 0 Å². The van der Waals surface area contributed by atoms with Crippen molar-refractivity contribution >= 4 is 12.1 Å². The van der Waals surface area contributed by atoms with Crippen molar-refractivity contribution in [3.05, 3.63) is 70.3 Å². The summed E-state index contributed by atoms with van der Waals surface area (Å²) in [6.45, 7) is 3.99. The first-order valence-corrected chi connectivity index (χ1v) is 5.79. The van der Waals surface area contributed by atoms with E-state index in [2.05, 4.69) is 0 Å². The summed E-state index contributed by atoms with van der Waals surface area (Å²) in [7, 11) is 0. The molecule has 0 saturated heterocycles. The van der Waals surface area contributed by atoms with Crippen molar-refractivity contribution in [2.45, 2.75) is 13.8 Å². The number of aldehydes is 1. The molecular formula is C16H14O2. The maximum Gasteiger partial charge on any atom is 0.193 e. The monoisotopic (exact) mass is 238 g/mol. The summed E-state index contributed by atoms with van der Waals surface area (Å²) in [5, 5.41) is 0. The second-order valence-electron chi connectivity index (χ2n) is 4.37. The Kier molecular flexibility index (Phi) is 3.38. The minimum Gasteiger partial charge on any atom is -0.298 e. The van der Waals surface area contributed by atoms with Crippen molar-refractivity contribution in [2.24, 2.45) is 0 Å². The van der Waals surface area contributed by atoms with Gasteiger partial charge in [-0.15, -0.1) is 0 Å². The molecule has 0 spiro atoms. The fraction of sp³-hybridized carbons (Fsp3) is 0.125. The van der Waals surface area contributed by atoms with Crippen LogP contribution in [-0.2, 0) is 0 Å². The number of benzene rings is 2. The average molecular weight is 238 g/mol. The van der Waals surface area contributed by atoms with Crippen LogP contribution in [0.15, 0.2) is 42.5 Å². The fourth-order valence-electron chi connectivity index (χ4n) is 1.80. The largest absolute Gasteiger partial charge is 0.298 e. The van der Waals surface area contributed by atoms with Gasteiger partial charge in [-0.05, 0) is 37.1 Å². The maximum absolute atomic E-state index is 12.3. The van der Waals surface area contributed by atoms with Crippen LogP contribution in [0.4, 0.5) is 0 Å². The third kappa shape index (κ3) is 2.38. The molecule has 2 aromatic rings. The number of rotatable bonds is 3. The van der Waals surface area contributed by atoms with Crippen LogP contribution in [0, 0.1) is 13.8 Å². The van der Waals surface area contributed by atoms with Gasteiger partial charge in [0.2, 0.25) is 0 Å². The van der Waals surface area contributed by atoms with E-state index in [1.807, 2.05) is 32.0 Å². The third-order valence-electron chi connectivity index (χ3n) is 3.05. The first-order valence-electron chi connectivity index (χ1n) is 5.79. The minimum absolute atomic E-state index is 0.0539. The lowest BCUT2D eigenvalue weighted by Crippen LogP contribution is -2.02. The number of hydrogen-bond donors (Lipinski definition) is 0. The van der Waals surface area contributed by atoms with E-state index in [0.717, 1.165) is 17.4 Å². The van der Waals surface area contributed by atoms with E-state index < -0.39 is 0 Å². The highest BCUT2D eigenvalue weighted by Gasteiger charge is 2.10. The summed E-state index contributed by atoms with van der Waals surface area (Å²) < 4.78 is 0. The van der Waals surface area contributed by atoms with E-state index in [-0.39, 0.29) is 5.78 Å². The first-order chi connectivity index (χ1) is 8.61. The van der Waals surface area contributed by atoms with E-state index in [0.29, 0.717) is 16.7 Å². The molecule has 0 N–H and O–H groups in total. The lowest BCUT2D eigenvalue weighted by atomic mass is 9.98. The highest BCUT2D eigenvalue weighted by Crippen LogP contribution is 2.15. The minimum atomic E-state index is -0.0539. The summed E-state index contributed by atoms with van der Waals surface area (Å²) in [4.78, 5) is 23.0. The van der Waals surface area contributed by atoms with Crippen LogP contribution < -0.4 is 0 Å². The molecule has 0 aromatic heterocycles. The van der Waals surface area contributed by atoms with Crippen molar-refractivity contribution in [1.29, 1.82) is 0 Å². The Morgan fingerprint density at radius 3 is 2.33 bits per heavy atom. The molecule has 0 radical (unpaired) electrons. The Morgan fingerprint density at radius 1 is 0.944 bits per heavy atom. The smallest absolute Gasteiger partial charge is 0.193 e. The van der Waals surface area contributed by atoms with Gasteiger partial charge in [0.1, 0.15) is 6.29 Å². The molecule has 0 bridgehead atoms. The molecule has 0 aliphatic rings. The Labute approximate surface area is 106 Å². The van der Waals surface area contributed by atoms with Crippen LogP contribution in [0.3, 0.4) is 0 Å². The van der Waals surface area contributed by atoms with Gasteiger partial charge in [-0.1, -0.05) is 30.3 Å². The molecule has 0 aliphatic heterocycles. The molecule has 2 rings (SSSR count). The highest BCUT2D eigenvalue weighted by atomic mass is 16.1. The van der Waals surface area contributed by atoms with Crippen molar-refractivity contribution in [1.82, 2.24) is 0 Å². The van der Waals surface area contributed by atoms with Crippen LogP contribution in [0.25, 0.3) is 0 Å². The average Bonchev–Trinajstić information content (AvgIpc) is 2.41. The van der Waals surface area contributed by atoms with Crippen molar-refractivity contribution < 1.29 is 9.59 Å². The Bertz CT molecular complexity index is 612. The second-order valence-corrected chi connectivity index (χ2v) is 4.37. The molecule has 0 aliphatic carbocycles. The van der Waals surface area contributed by atoms with E-state index in [1.54, 1.807) is 24.3 Å². The van der Waals surface area contributed by atoms with E-state index >= 15 is 0 Å². The molecule has 90 valence electrons. The van der Waals surface area contributed by atoms with Gasteiger partial charge in [0.25, 0.3) is 0 Å². The number of hydrogen-bond acceptors (Lipinski definition) is 2. The second kappa shape index (κ2) is 4.96. The zero-order valence-corrected chi connectivity index (χ0v) is 10.4. The van der Waals surface area contributed by atoms with Crippen molar-refractivity contribution in [3.8, 4) is 0 Å². The zero-order valence-electron chi connectivity index (χ0n) is 10.4. The predicted molar refractivity (Wildman–Crippen MR) is 71.2 cm³/mol. The molecular weight excluding hydrogens is 224 g/mol.